The third-order valence-corrected chi connectivity index (χ3v) is 7.76. The van der Waals surface area contributed by atoms with Crippen molar-refractivity contribution < 1.29 is 13.2 Å². The van der Waals surface area contributed by atoms with Crippen molar-refractivity contribution in [2.45, 2.75) is 37.3 Å². The van der Waals surface area contributed by atoms with Crippen LogP contribution in [-0.2, 0) is 34.1 Å². The van der Waals surface area contributed by atoms with Crippen molar-refractivity contribution in [2.75, 3.05) is 17.4 Å². The molecule has 0 fully saturated rings. The molecule has 0 unspecified atom stereocenters. The van der Waals surface area contributed by atoms with Gasteiger partial charge in [0.15, 0.2) is 0 Å². The number of hydrogen-bond acceptors (Lipinski definition) is 4. The van der Waals surface area contributed by atoms with E-state index in [4.69, 9.17) is 0 Å². The topological polar surface area (TPSA) is 66.5 Å². The van der Waals surface area contributed by atoms with Crippen molar-refractivity contribution in [1.82, 2.24) is 5.32 Å². The Balaban J connectivity index is 1.85. The maximum atomic E-state index is 13.1. The van der Waals surface area contributed by atoms with E-state index in [9.17, 15) is 13.2 Å². The van der Waals surface area contributed by atoms with Gasteiger partial charge in [-0.2, -0.15) is 0 Å². The lowest BCUT2D eigenvalue weighted by Crippen LogP contribution is -2.29. The highest BCUT2D eigenvalue weighted by Gasteiger charge is 2.33. The number of amides is 1. The zero-order valence-electron chi connectivity index (χ0n) is 14.4. The van der Waals surface area contributed by atoms with E-state index in [1.54, 1.807) is 10.4 Å². The van der Waals surface area contributed by atoms with Crippen LogP contribution in [0.1, 0.15) is 29.9 Å². The van der Waals surface area contributed by atoms with E-state index in [0.717, 1.165) is 34.5 Å². The SMILES string of the molecule is CCc1cccc2c1N(S(=O)(=O)c1ccc(CCNC(C)=O)s1)CC2. The Morgan fingerprint density at radius 2 is 2.08 bits per heavy atom. The van der Waals surface area contributed by atoms with Gasteiger partial charge < -0.3 is 5.32 Å². The number of nitrogens with zero attached hydrogens (tertiary/aromatic N) is 1. The zero-order chi connectivity index (χ0) is 18.0. The highest BCUT2D eigenvalue weighted by atomic mass is 32.2. The first-order chi connectivity index (χ1) is 11.9. The molecule has 0 saturated heterocycles. The van der Waals surface area contributed by atoms with Gasteiger partial charge in [0.25, 0.3) is 10.0 Å². The highest BCUT2D eigenvalue weighted by molar-refractivity contribution is 7.94. The van der Waals surface area contributed by atoms with E-state index >= 15 is 0 Å². The summed E-state index contributed by atoms with van der Waals surface area (Å²) in [5.41, 5.74) is 3.03. The molecule has 0 aliphatic carbocycles. The molecule has 2 heterocycles. The zero-order valence-corrected chi connectivity index (χ0v) is 16.0. The van der Waals surface area contributed by atoms with E-state index in [2.05, 4.69) is 5.32 Å². The molecule has 25 heavy (non-hydrogen) atoms. The van der Waals surface area contributed by atoms with Gasteiger partial charge in [0.2, 0.25) is 5.91 Å². The Kier molecular flexibility index (Phi) is 5.15. The van der Waals surface area contributed by atoms with Gasteiger partial charge in [-0.3, -0.25) is 9.10 Å². The van der Waals surface area contributed by atoms with E-state index in [1.165, 1.54) is 18.3 Å². The van der Waals surface area contributed by atoms with Crippen molar-refractivity contribution in [2.24, 2.45) is 0 Å². The smallest absolute Gasteiger partial charge is 0.273 e. The number of sulfonamides is 1. The molecule has 0 atom stereocenters. The van der Waals surface area contributed by atoms with Gasteiger partial charge in [-0.05, 0) is 42.5 Å². The number of nitrogens with one attached hydrogen (secondary N) is 1. The lowest BCUT2D eigenvalue weighted by molar-refractivity contribution is -0.118. The van der Waals surface area contributed by atoms with E-state index in [-0.39, 0.29) is 5.91 Å². The van der Waals surface area contributed by atoms with Crippen LogP contribution in [0.3, 0.4) is 0 Å². The van der Waals surface area contributed by atoms with Crippen LogP contribution in [0, 0.1) is 0 Å². The Bertz CT molecular complexity index is 887. The van der Waals surface area contributed by atoms with Crippen LogP contribution in [-0.4, -0.2) is 27.4 Å². The second-order valence-corrected chi connectivity index (χ2v) is 9.32. The van der Waals surface area contributed by atoms with Crippen LogP contribution in [0.5, 0.6) is 0 Å². The summed E-state index contributed by atoms with van der Waals surface area (Å²) in [5.74, 6) is -0.0785. The fraction of sp³-hybridized carbons (Fsp3) is 0.389. The molecule has 2 aromatic rings. The average Bonchev–Trinajstić information content (AvgIpc) is 3.21. The number of para-hydroxylation sites is 1. The van der Waals surface area contributed by atoms with Gasteiger partial charge in [0, 0.05) is 24.9 Å². The molecule has 5 nitrogen and oxygen atoms in total. The number of hydrogen-bond donors (Lipinski definition) is 1. The summed E-state index contributed by atoms with van der Waals surface area (Å²) in [4.78, 5) is 11.9. The first-order valence-corrected chi connectivity index (χ1v) is 10.7. The van der Waals surface area contributed by atoms with Crippen molar-refractivity contribution in [3.05, 3.63) is 46.3 Å². The van der Waals surface area contributed by atoms with Gasteiger partial charge in [0.1, 0.15) is 4.21 Å². The number of rotatable bonds is 6. The van der Waals surface area contributed by atoms with Crippen LogP contribution < -0.4 is 9.62 Å². The molecule has 1 aromatic heterocycles. The normalized spacial score (nSPS) is 13.8. The molecule has 1 aromatic carbocycles. The molecule has 1 amide bonds. The average molecular weight is 379 g/mol. The molecule has 0 bridgehead atoms. The van der Waals surface area contributed by atoms with Crippen molar-refractivity contribution in [1.29, 1.82) is 0 Å². The quantitative estimate of drug-likeness (QED) is 0.840. The van der Waals surface area contributed by atoms with Crippen LogP contribution in [0.15, 0.2) is 34.5 Å². The predicted molar refractivity (Wildman–Crippen MR) is 101 cm³/mol. The number of anilines is 1. The Hall–Kier alpha value is -1.86. The summed E-state index contributed by atoms with van der Waals surface area (Å²) >= 11 is 1.29. The van der Waals surface area contributed by atoms with Gasteiger partial charge in [-0.15, -0.1) is 11.3 Å². The highest BCUT2D eigenvalue weighted by Crippen LogP contribution is 2.37. The number of fused-ring (bicyclic) bond motifs is 1. The number of carbonyl (C=O) groups excluding carboxylic acids is 1. The van der Waals surface area contributed by atoms with Gasteiger partial charge >= 0.3 is 0 Å². The molecule has 1 aliphatic heterocycles. The first-order valence-electron chi connectivity index (χ1n) is 8.40. The molecule has 1 N–H and O–H groups in total. The molecular weight excluding hydrogens is 356 g/mol. The first kappa shape index (κ1) is 17.9. The largest absolute Gasteiger partial charge is 0.356 e. The van der Waals surface area contributed by atoms with Crippen LogP contribution >= 0.6 is 11.3 Å². The Morgan fingerprint density at radius 1 is 1.28 bits per heavy atom. The minimum absolute atomic E-state index is 0.0785. The predicted octanol–water partition coefficient (Wildman–Crippen LogP) is 2.74. The molecule has 7 heteroatoms. The second kappa shape index (κ2) is 7.17. The van der Waals surface area contributed by atoms with Gasteiger partial charge in [-0.25, -0.2) is 8.42 Å². The van der Waals surface area contributed by atoms with Crippen molar-refractivity contribution in [3.63, 3.8) is 0 Å². The minimum atomic E-state index is -3.54. The number of aryl methyl sites for hydroxylation is 1. The third-order valence-electron chi connectivity index (χ3n) is 4.34. The summed E-state index contributed by atoms with van der Waals surface area (Å²) < 4.78 is 28.2. The minimum Gasteiger partial charge on any atom is -0.356 e. The summed E-state index contributed by atoms with van der Waals surface area (Å²) in [7, 11) is -3.54. The fourth-order valence-electron chi connectivity index (χ4n) is 3.13. The van der Waals surface area contributed by atoms with Crippen LogP contribution in [0.25, 0.3) is 0 Å². The summed E-state index contributed by atoms with van der Waals surface area (Å²) in [6.45, 7) is 4.53. The monoisotopic (exact) mass is 378 g/mol. The summed E-state index contributed by atoms with van der Waals surface area (Å²) in [5, 5.41) is 2.73. The molecule has 1 aliphatic rings. The standard InChI is InChI=1S/C18H22N2O3S2/c1-3-14-5-4-6-15-10-12-20(18(14)15)25(22,23)17-8-7-16(24-17)9-11-19-13(2)21/h4-8H,3,9-12H2,1-2H3,(H,19,21). The summed E-state index contributed by atoms with van der Waals surface area (Å²) in [6, 6.07) is 9.52. The van der Waals surface area contributed by atoms with Crippen molar-refractivity contribution in [3.8, 4) is 0 Å². The van der Waals surface area contributed by atoms with E-state index in [1.807, 2.05) is 31.2 Å². The Labute approximate surface area is 152 Å². The molecule has 134 valence electrons. The lowest BCUT2D eigenvalue weighted by atomic mass is 10.1. The molecule has 3 rings (SSSR count). The van der Waals surface area contributed by atoms with Crippen LogP contribution in [0.4, 0.5) is 5.69 Å². The van der Waals surface area contributed by atoms with Crippen molar-refractivity contribution >= 4 is 33.0 Å². The summed E-state index contributed by atoms with van der Waals surface area (Å²) in [6.07, 6.45) is 2.20. The molecular formula is C18H22N2O3S2. The molecule has 0 radical (unpaired) electrons. The Morgan fingerprint density at radius 3 is 2.80 bits per heavy atom. The van der Waals surface area contributed by atoms with E-state index < -0.39 is 10.0 Å². The fourth-order valence-corrected chi connectivity index (χ4v) is 6.14. The van der Waals surface area contributed by atoms with Gasteiger partial charge in [0.05, 0.1) is 5.69 Å². The number of carbonyl (C=O) groups is 1. The van der Waals surface area contributed by atoms with Crippen LogP contribution in [0.2, 0.25) is 0 Å². The lowest BCUT2D eigenvalue weighted by Gasteiger charge is -2.21. The number of benzene rings is 1. The molecule has 0 saturated carbocycles. The van der Waals surface area contributed by atoms with E-state index in [0.29, 0.717) is 23.7 Å². The molecule has 0 spiro atoms. The second-order valence-electron chi connectivity index (χ2n) is 6.06. The third kappa shape index (κ3) is 3.57. The maximum absolute atomic E-state index is 13.1. The van der Waals surface area contributed by atoms with Gasteiger partial charge in [-0.1, -0.05) is 25.1 Å². The number of thiophene rings is 1. The maximum Gasteiger partial charge on any atom is 0.273 e.